The Morgan fingerprint density at radius 2 is 1.76 bits per heavy atom. The van der Waals surface area contributed by atoms with Gasteiger partial charge in [-0.15, -0.1) is 0 Å². The van der Waals surface area contributed by atoms with E-state index in [1.54, 1.807) is 33.9 Å². The Morgan fingerprint density at radius 3 is 2.32 bits per heavy atom. The molecule has 4 rings (SSSR count). The first-order valence-electron chi connectivity index (χ1n) is 11.5. The van der Waals surface area contributed by atoms with Gasteiger partial charge in [-0.1, -0.05) is 54.3 Å². The Balaban J connectivity index is 0.000000934. The second kappa shape index (κ2) is 12.0. The number of aliphatic carboxylic acids is 1. The molecule has 0 aliphatic carbocycles. The molecule has 0 radical (unpaired) electrons. The maximum absolute atomic E-state index is 13.0. The Kier molecular flexibility index (Phi) is 9.26. The van der Waals surface area contributed by atoms with Crippen molar-refractivity contribution in [3.05, 3.63) is 71.3 Å². The average Bonchev–Trinajstić information content (AvgIpc) is 3.39. The zero-order chi connectivity index (χ0) is 28.2. The number of carbonyl (C=O) groups is 2. The molecule has 0 spiro atoms. The highest BCUT2D eigenvalue weighted by Crippen LogP contribution is 2.36. The molecule has 1 saturated heterocycles. The van der Waals surface area contributed by atoms with Gasteiger partial charge in [-0.25, -0.2) is 17.4 Å². The zero-order valence-corrected chi connectivity index (χ0v) is 24.0. The van der Waals surface area contributed by atoms with E-state index in [9.17, 15) is 13.2 Å². The molecule has 2 heterocycles. The molecule has 38 heavy (non-hydrogen) atoms. The van der Waals surface area contributed by atoms with Crippen LogP contribution < -0.4 is 0 Å². The Morgan fingerprint density at radius 1 is 1.13 bits per heavy atom. The summed E-state index contributed by atoms with van der Waals surface area (Å²) in [6, 6.07) is 16.2. The van der Waals surface area contributed by atoms with Crippen molar-refractivity contribution in [1.29, 1.82) is 0 Å². The van der Waals surface area contributed by atoms with Gasteiger partial charge >= 0.3 is 0 Å². The molecule has 1 N–H and O–H groups in total. The van der Waals surface area contributed by atoms with Gasteiger partial charge in [0.15, 0.2) is 0 Å². The Bertz CT molecular complexity index is 1490. The first-order valence-corrected chi connectivity index (χ1v) is 14.1. The minimum atomic E-state index is -3.62. The molecular formula is C26H28N4O5S3. The molecule has 0 unspecified atom stereocenters. The van der Waals surface area contributed by atoms with Crippen LogP contribution in [-0.2, 0) is 19.6 Å². The smallest absolute Gasteiger partial charge is 0.300 e. The summed E-state index contributed by atoms with van der Waals surface area (Å²) in [5, 5.41) is 12.2. The molecule has 3 aromatic rings. The molecule has 12 heteroatoms. The van der Waals surface area contributed by atoms with Crippen LogP contribution in [0.15, 0.2) is 70.6 Å². The van der Waals surface area contributed by atoms with Gasteiger partial charge in [0.05, 0.1) is 15.5 Å². The normalized spacial score (nSPS) is 14.8. The highest BCUT2D eigenvalue weighted by molar-refractivity contribution is 8.26. The van der Waals surface area contributed by atoms with Crippen molar-refractivity contribution in [2.45, 2.75) is 31.7 Å². The average molecular weight is 573 g/mol. The number of benzene rings is 2. The quantitative estimate of drug-likeness (QED) is 0.340. The van der Waals surface area contributed by atoms with Crippen LogP contribution in [0.25, 0.3) is 23.0 Å². The first kappa shape index (κ1) is 29.2. The molecule has 1 amide bonds. The van der Waals surface area contributed by atoms with Crippen molar-refractivity contribution in [3.8, 4) is 16.9 Å². The predicted octanol–water partition coefficient (Wildman–Crippen LogP) is 4.49. The monoisotopic (exact) mass is 572 g/mol. The number of nitrogens with zero attached hydrogens (tertiary/aromatic N) is 4. The van der Waals surface area contributed by atoms with Crippen LogP contribution in [0.4, 0.5) is 0 Å². The standard InChI is InChI=1S/C24H24N4O3S3.C2H4O2/c1-16(2)28-23(29)21(33-24(28)32)14-18-15-27(19-10-6-5-7-11-19)25-22(18)17-9-8-12-20(13-17)34(30,31)26(3)4;1-2(3)4/h5-16H,1-4H3;1H3,(H,3,4)/b21-14+;. The van der Waals surface area contributed by atoms with E-state index in [0.717, 1.165) is 12.6 Å². The lowest BCUT2D eigenvalue weighted by Gasteiger charge is -2.18. The lowest BCUT2D eigenvalue weighted by Crippen LogP contribution is -2.34. The molecule has 0 atom stereocenters. The second-order valence-corrected chi connectivity index (χ2v) is 12.5. The highest BCUT2D eigenvalue weighted by atomic mass is 32.2. The molecule has 0 bridgehead atoms. The number of thiocarbonyl (C=S) groups is 1. The number of hydrogen-bond donors (Lipinski definition) is 1. The summed E-state index contributed by atoms with van der Waals surface area (Å²) in [5.41, 5.74) is 2.72. The van der Waals surface area contributed by atoms with Crippen LogP contribution in [0.5, 0.6) is 0 Å². The van der Waals surface area contributed by atoms with Gasteiger partial charge in [-0.05, 0) is 44.2 Å². The summed E-state index contributed by atoms with van der Waals surface area (Å²) in [6.45, 7) is 4.92. The van der Waals surface area contributed by atoms with Gasteiger partial charge < -0.3 is 5.11 Å². The summed E-state index contributed by atoms with van der Waals surface area (Å²) in [7, 11) is -0.631. The summed E-state index contributed by atoms with van der Waals surface area (Å²) >= 11 is 6.67. The fourth-order valence-corrected chi connectivity index (χ4v) is 5.97. The van der Waals surface area contributed by atoms with Crippen LogP contribution in [0.1, 0.15) is 26.3 Å². The number of amides is 1. The van der Waals surface area contributed by atoms with Gasteiger partial charge in [-0.2, -0.15) is 5.10 Å². The molecular weight excluding hydrogens is 545 g/mol. The summed E-state index contributed by atoms with van der Waals surface area (Å²) < 4.78 is 28.8. The summed E-state index contributed by atoms with van der Waals surface area (Å²) in [4.78, 5) is 24.3. The third-order valence-electron chi connectivity index (χ3n) is 5.28. The minimum absolute atomic E-state index is 0.0437. The molecule has 9 nitrogen and oxygen atoms in total. The van der Waals surface area contributed by atoms with Crippen LogP contribution in [0.2, 0.25) is 0 Å². The summed E-state index contributed by atoms with van der Waals surface area (Å²) in [6.07, 6.45) is 3.61. The van der Waals surface area contributed by atoms with Crippen molar-refractivity contribution in [3.63, 3.8) is 0 Å². The van der Waals surface area contributed by atoms with Crippen LogP contribution in [-0.4, -0.2) is 68.8 Å². The molecule has 2 aromatic carbocycles. The lowest BCUT2D eigenvalue weighted by atomic mass is 10.1. The minimum Gasteiger partial charge on any atom is -0.481 e. The lowest BCUT2D eigenvalue weighted by molar-refractivity contribution is -0.134. The van der Waals surface area contributed by atoms with Crippen LogP contribution in [0, 0.1) is 0 Å². The van der Waals surface area contributed by atoms with Gasteiger partial charge in [0, 0.05) is 44.4 Å². The maximum atomic E-state index is 13.0. The van der Waals surface area contributed by atoms with Gasteiger partial charge in [-0.3, -0.25) is 14.5 Å². The SMILES string of the molecule is CC(=O)O.CC(C)N1C(=O)/C(=C\c2cn(-c3ccccc3)nc2-c2cccc(S(=O)(=O)N(C)C)c2)SC1=S. The van der Waals surface area contributed by atoms with Gasteiger partial charge in [0.1, 0.15) is 10.0 Å². The van der Waals surface area contributed by atoms with Crippen LogP contribution in [0.3, 0.4) is 0 Å². The molecule has 1 fully saturated rings. The van der Waals surface area contributed by atoms with Crippen molar-refractivity contribution in [1.82, 2.24) is 19.0 Å². The zero-order valence-electron chi connectivity index (χ0n) is 21.5. The number of para-hydroxylation sites is 1. The van der Waals surface area contributed by atoms with E-state index in [2.05, 4.69) is 0 Å². The van der Waals surface area contributed by atoms with E-state index in [0.29, 0.717) is 26.0 Å². The highest BCUT2D eigenvalue weighted by Gasteiger charge is 2.34. The van der Waals surface area contributed by atoms with E-state index < -0.39 is 16.0 Å². The number of carbonyl (C=O) groups excluding carboxylic acids is 1. The van der Waals surface area contributed by atoms with E-state index in [1.807, 2.05) is 56.4 Å². The van der Waals surface area contributed by atoms with E-state index in [4.69, 9.17) is 27.2 Å². The topological polar surface area (TPSA) is 113 Å². The van der Waals surface area contributed by atoms with E-state index in [-0.39, 0.29) is 16.8 Å². The first-order chi connectivity index (χ1) is 17.8. The number of aromatic nitrogens is 2. The van der Waals surface area contributed by atoms with Crippen LogP contribution >= 0.6 is 24.0 Å². The fraction of sp³-hybridized carbons (Fsp3) is 0.231. The number of hydrogen-bond acceptors (Lipinski definition) is 7. The number of sulfonamides is 1. The molecule has 200 valence electrons. The van der Waals surface area contributed by atoms with Crippen molar-refractivity contribution in [2.24, 2.45) is 0 Å². The number of thioether (sulfide) groups is 1. The summed E-state index contributed by atoms with van der Waals surface area (Å²) in [5.74, 6) is -0.979. The number of carboxylic acids is 1. The Labute approximate surface area is 231 Å². The van der Waals surface area contributed by atoms with Gasteiger partial charge in [0.2, 0.25) is 10.0 Å². The van der Waals surface area contributed by atoms with Crippen molar-refractivity contribution in [2.75, 3.05) is 14.1 Å². The molecule has 1 aliphatic rings. The maximum Gasteiger partial charge on any atom is 0.300 e. The fourth-order valence-electron chi connectivity index (χ4n) is 3.51. The third kappa shape index (κ3) is 6.57. The molecule has 1 aromatic heterocycles. The largest absolute Gasteiger partial charge is 0.481 e. The number of carboxylic acid groups (broad SMARTS) is 1. The van der Waals surface area contributed by atoms with Crippen molar-refractivity contribution >= 4 is 56.3 Å². The number of rotatable bonds is 6. The molecule has 1 aliphatic heterocycles. The second-order valence-electron chi connectivity index (χ2n) is 8.69. The molecule has 0 saturated carbocycles. The van der Waals surface area contributed by atoms with E-state index >= 15 is 0 Å². The third-order valence-corrected chi connectivity index (χ3v) is 8.42. The Hall–Kier alpha value is -3.32. The van der Waals surface area contributed by atoms with Crippen molar-refractivity contribution < 1.29 is 23.1 Å². The van der Waals surface area contributed by atoms with Gasteiger partial charge in [0.25, 0.3) is 11.9 Å². The van der Waals surface area contributed by atoms with E-state index in [1.165, 1.54) is 30.2 Å². The predicted molar refractivity (Wildman–Crippen MR) is 153 cm³/mol.